The van der Waals surface area contributed by atoms with Gasteiger partial charge >= 0.3 is 0 Å². The van der Waals surface area contributed by atoms with Gasteiger partial charge in [0.25, 0.3) is 0 Å². The maximum absolute atomic E-state index is 10.8. The van der Waals surface area contributed by atoms with Crippen LogP contribution in [0.25, 0.3) is 0 Å². The fourth-order valence-electron chi connectivity index (χ4n) is 2.37. The minimum Gasteiger partial charge on any atom is -0.493 e. The van der Waals surface area contributed by atoms with Gasteiger partial charge in [-0.3, -0.25) is 20.2 Å². The lowest BCUT2D eigenvalue weighted by molar-refractivity contribution is -0.516. The van der Waals surface area contributed by atoms with Gasteiger partial charge in [-0.15, -0.1) is 0 Å². The first-order valence-corrected chi connectivity index (χ1v) is 6.41. The summed E-state index contributed by atoms with van der Waals surface area (Å²) in [6.07, 6.45) is 0.529. The van der Waals surface area contributed by atoms with Crippen LogP contribution in [-0.2, 0) is 6.42 Å². The summed E-state index contributed by atoms with van der Waals surface area (Å²) in [5, 5.41) is 21.5. The van der Waals surface area contributed by atoms with Crippen LogP contribution >= 0.6 is 0 Å². The summed E-state index contributed by atoms with van der Waals surface area (Å²) in [5.74, 6) is 0.165. The molecular weight excluding hydrogens is 280 g/mol. The van der Waals surface area contributed by atoms with Crippen molar-refractivity contribution in [3.63, 3.8) is 0 Å². The van der Waals surface area contributed by atoms with Crippen molar-refractivity contribution in [2.75, 3.05) is 27.3 Å². The Morgan fingerprint density at radius 3 is 2.05 bits per heavy atom. The highest BCUT2D eigenvalue weighted by molar-refractivity contribution is 5.52. The quantitative estimate of drug-likeness (QED) is 0.536. The monoisotopic (exact) mass is 298 g/mol. The molecule has 0 fully saturated rings. The van der Waals surface area contributed by atoms with Gasteiger partial charge in [-0.2, -0.15) is 0 Å². The van der Waals surface area contributed by atoms with Crippen molar-refractivity contribution in [3.8, 4) is 11.5 Å². The SMILES string of the molecule is CCc1c(C(C[N+](=O)[O-])C[N+](=O)[O-])ccc(OC)c1OC. The topological polar surface area (TPSA) is 105 Å². The number of methoxy groups -OCH3 is 2. The molecule has 0 amide bonds. The molecule has 0 saturated carbocycles. The first kappa shape index (κ1) is 16.7. The zero-order chi connectivity index (χ0) is 16.0. The maximum atomic E-state index is 10.8. The lowest BCUT2D eigenvalue weighted by Gasteiger charge is -2.18. The smallest absolute Gasteiger partial charge is 0.217 e. The van der Waals surface area contributed by atoms with Crippen LogP contribution in [0.15, 0.2) is 12.1 Å². The molecule has 0 aromatic heterocycles. The summed E-state index contributed by atoms with van der Waals surface area (Å²) < 4.78 is 10.5. The molecule has 0 aliphatic heterocycles. The average molecular weight is 298 g/mol. The molecule has 0 unspecified atom stereocenters. The van der Waals surface area contributed by atoms with E-state index in [0.717, 1.165) is 0 Å². The number of rotatable bonds is 8. The number of benzene rings is 1. The van der Waals surface area contributed by atoms with Gasteiger partial charge < -0.3 is 9.47 Å². The molecule has 0 spiro atoms. The molecule has 1 aromatic carbocycles. The second-order valence-corrected chi connectivity index (χ2v) is 4.45. The van der Waals surface area contributed by atoms with Gasteiger partial charge in [0.15, 0.2) is 11.5 Å². The highest BCUT2D eigenvalue weighted by Gasteiger charge is 2.28. The third kappa shape index (κ3) is 4.04. The third-order valence-electron chi connectivity index (χ3n) is 3.22. The van der Waals surface area contributed by atoms with E-state index < -0.39 is 28.9 Å². The fraction of sp³-hybridized carbons (Fsp3) is 0.538. The Bertz CT molecular complexity index is 516. The van der Waals surface area contributed by atoms with E-state index in [9.17, 15) is 20.2 Å². The summed E-state index contributed by atoms with van der Waals surface area (Å²) in [5.41, 5.74) is 1.26. The molecule has 8 nitrogen and oxygen atoms in total. The molecule has 0 atom stereocenters. The van der Waals surface area contributed by atoms with E-state index in [1.54, 1.807) is 12.1 Å². The molecule has 116 valence electrons. The van der Waals surface area contributed by atoms with E-state index in [1.165, 1.54) is 14.2 Å². The summed E-state index contributed by atoms with van der Waals surface area (Å²) in [6, 6.07) is 3.25. The van der Waals surface area contributed by atoms with Crippen molar-refractivity contribution in [2.24, 2.45) is 0 Å². The summed E-state index contributed by atoms with van der Waals surface area (Å²) in [7, 11) is 2.96. The molecule has 0 radical (unpaired) electrons. The van der Waals surface area contributed by atoms with Crippen molar-refractivity contribution >= 4 is 0 Å². The second-order valence-electron chi connectivity index (χ2n) is 4.45. The van der Waals surface area contributed by atoms with Crippen molar-refractivity contribution in [3.05, 3.63) is 43.5 Å². The van der Waals surface area contributed by atoms with E-state index in [0.29, 0.717) is 29.0 Å². The Balaban J connectivity index is 3.35. The number of nitrogens with zero attached hydrogens (tertiary/aromatic N) is 2. The lowest BCUT2D eigenvalue weighted by atomic mass is 9.91. The third-order valence-corrected chi connectivity index (χ3v) is 3.22. The van der Waals surface area contributed by atoms with Crippen molar-refractivity contribution in [1.82, 2.24) is 0 Å². The summed E-state index contributed by atoms with van der Waals surface area (Å²) in [4.78, 5) is 20.5. The Labute approximate surface area is 122 Å². The van der Waals surface area contributed by atoms with Crippen molar-refractivity contribution in [2.45, 2.75) is 19.3 Å². The minimum atomic E-state index is -0.801. The maximum Gasteiger partial charge on any atom is 0.217 e. The van der Waals surface area contributed by atoms with Crippen LogP contribution in [0.5, 0.6) is 11.5 Å². The Kier molecular flexibility index (Phi) is 5.89. The molecular formula is C13H18N2O6. The molecule has 21 heavy (non-hydrogen) atoms. The van der Waals surface area contributed by atoms with Crippen LogP contribution in [0.3, 0.4) is 0 Å². The van der Waals surface area contributed by atoms with Gasteiger partial charge in [0.2, 0.25) is 13.1 Å². The van der Waals surface area contributed by atoms with E-state index >= 15 is 0 Å². The Morgan fingerprint density at radius 1 is 1.10 bits per heavy atom. The fourth-order valence-corrected chi connectivity index (χ4v) is 2.37. The largest absolute Gasteiger partial charge is 0.493 e. The highest BCUT2D eigenvalue weighted by Crippen LogP contribution is 2.37. The van der Waals surface area contributed by atoms with Crippen LogP contribution in [-0.4, -0.2) is 37.2 Å². The molecule has 0 heterocycles. The molecule has 0 N–H and O–H groups in total. The number of hydrogen-bond acceptors (Lipinski definition) is 6. The van der Waals surface area contributed by atoms with Gasteiger partial charge in [-0.05, 0) is 18.1 Å². The molecule has 0 aliphatic carbocycles. The van der Waals surface area contributed by atoms with Gasteiger partial charge in [-0.1, -0.05) is 13.0 Å². The number of hydrogen-bond donors (Lipinski definition) is 0. The predicted octanol–water partition coefficient (Wildman–Crippen LogP) is 1.90. The van der Waals surface area contributed by atoms with Crippen LogP contribution < -0.4 is 9.47 Å². The van der Waals surface area contributed by atoms with Crippen LogP contribution in [0.1, 0.15) is 24.0 Å². The normalized spacial score (nSPS) is 10.5. The molecule has 0 aliphatic rings. The second kappa shape index (κ2) is 7.41. The van der Waals surface area contributed by atoms with Crippen LogP contribution in [0.4, 0.5) is 0 Å². The van der Waals surface area contributed by atoms with Gasteiger partial charge in [0.05, 0.1) is 14.2 Å². The van der Waals surface area contributed by atoms with E-state index in [4.69, 9.17) is 9.47 Å². The van der Waals surface area contributed by atoms with Crippen molar-refractivity contribution < 1.29 is 19.3 Å². The van der Waals surface area contributed by atoms with E-state index in [-0.39, 0.29) is 0 Å². The van der Waals surface area contributed by atoms with Gasteiger partial charge in [0, 0.05) is 15.4 Å². The Morgan fingerprint density at radius 2 is 1.67 bits per heavy atom. The summed E-state index contributed by atoms with van der Waals surface area (Å²) >= 11 is 0. The summed E-state index contributed by atoms with van der Waals surface area (Å²) in [6.45, 7) is 0.864. The molecule has 1 rings (SSSR count). The molecule has 1 aromatic rings. The molecule has 0 bridgehead atoms. The standard InChI is InChI=1S/C13H18N2O6/c1-4-10-11(5-6-12(20-2)13(10)21-3)9(7-14(16)17)8-15(18)19/h5-6,9H,4,7-8H2,1-3H3. The molecule has 8 heteroatoms. The predicted molar refractivity (Wildman–Crippen MR) is 75.4 cm³/mol. The highest BCUT2D eigenvalue weighted by atomic mass is 16.6. The minimum absolute atomic E-state index is 0.467. The van der Waals surface area contributed by atoms with Gasteiger partial charge in [-0.25, -0.2) is 0 Å². The first-order valence-electron chi connectivity index (χ1n) is 6.41. The van der Waals surface area contributed by atoms with Crippen LogP contribution in [0, 0.1) is 20.2 Å². The lowest BCUT2D eigenvalue weighted by Crippen LogP contribution is -2.22. The van der Waals surface area contributed by atoms with Crippen LogP contribution in [0.2, 0.25) is 0 Å². The average Bonchev–Trinajstić information content (AvgIpc) is 2.43. The molecule has 0 saturated heterocycles. The van der Waals surface area contributed by atoms with Crippen molar-refractivity contribution in [1.29, 1.82) is 0 Å². The van der Waals surface area contributed by atoms with E-state index in [1.807, 2.05) is 6.92 Å². The Hall–Kier alpha value is -2.38. The number of ether oxygens (including phenoxy) is 2. The zero-order valence-corrected chi connectivity index (χ0v) is 12.2. The zero-order valence-electron chi connectivity index (χ0n) is 12.2. The number of nitro groups is 2. The van der Waals surface area contributed by atoms with E-state index in [2.05, 4.69) is 0 Å². The first-order chi connectivity index (χ1) is 9.94. The van der Waals surface area contributed by atoms with Gasteiger partial charge in [0.1, 0.15) is 5.92 Å².